The molecule has 0 spiro atoms. The van der Waals surface area contributed by atoms with Gasteiger partial charge < -0.3 is 9.80 Å². The second-order valence-electron chi connectivity index (χ2n) is 7.30. The van der Waals surface area contributed by atoms with E-state index in [1.54, 1.807) is 0 Å². The lowest BCUT2D eigenvalue weighted by molar-refractivity contribution is 0.377. The summed E-state index contributed by atoms with van der Waals surface area (Å²) < 4.78 is 2.13. The summed E-state index contributed by atoms with van der Waals surface area (Å²) in [5, 5.41) is 10.8. The molecule has 0 atom stereocenters. The topological polar surface area (TPSA) is 49.6 Å². The van der Waals surface area contributed by atoms with Gasteiger partial charge in [-0.1, -0.05) is 0 Å². The van der Waals surface area contributed by atoms with Crippen molar-refractivity contribution in [3.63, 3.8) is 0 Å². The van der Waals surface area contributed by atoms with Gasteiger partial charge in [-0.25, -0.2) is 0 Å². The van der Waals surface area contributed by atoms with E-state index < -0.39 is 0 Å². The molecule has 6 heteroatoms. The van der Waals surface area contributed by atoms with Crippen molar-refractivity contribution in [3.8, 4) is 0 Å². The Balaban J connectivity index is 1.97. The third-order valence-electron chi connectivity index (χ3n) is 5.34. The van der Waals surface area contributed by atoms with Gasteiger partial charge >= 0.3 is 0 Å². The zero-order valence-electron chi connectivity index (χ0n) is 15.4. The van der Waals surface area contributed by atoms with Crippen LogP contribution in [0.3, 0.4) is 0 Å². The molecule has 0 aliphatic carbocycles. The van der Waals surface area contributed by atoms with Crippen molar-refractivity contribution in [1.29, 1.82) is 0 Å². The number of hydrogen-bond acceptors (Lipinski definition) is 5. The van der Waals surface area contributed by atoms with Crippen LogP contribution in [0.2, 0.25) is 0 Å². The van der Waals surface area contributed by atoms with Crippen LogP contribution in [0.5, 0.6) is 0 Å². The maximum absolute atomic E-state index is 5.00. The molecule has 4 aromatic rings. The summed E-state index contributed by atoms with van der Waals surface area (Å²) in [6.45, 7) is 3.54. The Kier molecular flexibility index (Phi) is 3.37. The van der Waals surface area contributed by atoms with Gasteiger partial charge in [-0.2, -0.15) is 5.10 Å². The minimum absolute atomic E-state index is 0.799. The lowest BCUT2D eigenvalue weighted by atomic mass is 10.0. The van der Waals surface area contributed by atoms with Gasteiger partial charge in [0.1, 0.15) is 5.52 Å². The van der Waals surface area contributed by atoms with Crippen molar-refractivity contribution in [1.82, 2.24) is 19.7 Å². The quantitative estimate of drug-likeness (QED) is 0.533. The minimum Gasteiger partial charge on any atom is -0.372 e. The Labute approximate surface area is 151 Å². The number of anilines is 1. The molecule has 1 aliphatic rings. The van der Waals surface area contributed by atoms with Crippen LogP contribution in [0.4, 0.5) is 5.69 Å². The number of fused-ring (bicyclic) bond motifs is 3. The van der Waals surface area contributed by atoms with Crippen LogP contribution in [0.15, 0.2) is 35.6 Å². The summed E-state index contributed by atoms with van der Waals surface area (Å²) in [7, 11) is 6.33. The molecule has 26 heavy (non-hydrogen) atoms. The second kappa shape index (κ2) is 5.64. The van der Waals surface area contributed by atoms with Gasteiger partial charge in [0.2, 0.25) is 0 Å². The molecule has 2 aromatic carbocycles. The zero-order chi connectivity index (χ0) is 17.8. The summed E-state index contributed by atoms with van der Waals surface area (Å²) in [6, 6.07) is 6.51. The molecule has 0 N–H and O–H groups in total. The average molecular weight is 346 g/mol. The van der Waals surface area contributed by atoms with Crippen LogP contribution in [0.25, 0.3) is 32.6 Å². The van der Waals surface area contributed by atoms with E-state index in [0.29, 0.717) is 0 Å². The number of hydrogen-bond donors (Lipinski definition) is 0. The van der Waals surface area contributed by atoms with Crippen LogP contribution in [0.1, 0.15) is 0 Å². The Morgan fingerprint density at radius 1 is 1.12 bits per heavy atom. The molecule has 3 heterocycles. The number of nitrogens with zero attached hydrogens (tertiary/aromatic N) is 6. The molecule has 5 rings (SSSR count). The molecule has 0 radical (unpaired) electrons. The number of benzene rings is 2. The van der Waals surface area contributed by atoms with Gasteiger partial charge in [0.05, 0.1) is 24.0 Å². The number of rotatable bonds is 3. The van der Waals surface area contributed by atoms with Crippen molar-refractivity contribution >= 4 is 38.3 Å². The molecule has 0 saturated carbocycles. The number of likely N-dealkylation sites (N-methyl/N-ethyl adjacent to an activating group) is 2. The van der Waals surface area contributed by atoms with E-state index >= 15 is 0 Å². The highest BCUT2D eigenvalue weighted by molar-refractivity contribution is 6.22. The lowest BCUT2D eigenvalue weighted by Crippen LogP contribution is -2.20. The standard InChI is InChI=1S/C20H22N6/c1-24(2)10-11-26-16-5-4-15-17-18(16)20(23-26)14-12-21-7-6-13(14)19(17)22-8-9-25(15)3/h4-7,12H,8-11H2,1-3H3. The largest absolute Gasteiger partial charge is 0.372 e. The molecule has 1 aliphatic heterocycles. The van der Waals surface area contributed by atoms with E-state index in [9.17, 15) is 0 Å². The fourth-order valence-corrected chi connectivity index (χ4v) is 3.99. The van der Waals surface area contributed by atoms with E-state index in [0.717, 1.165) is 47.8 Å². The smallest absolute Gasteiger partial charge is 0.103 e. The van der Waals surface area contributed by atoms with Gasteiger partial charge in [0.15, 0.2) is 0 Å². The lowest BCUT2D eigenvalue weighted by Gasteiger charge is -2.18. The van der Waals surface area contributed by atoms with Crippen LogP contribution < -0.4 is 10.3 Å². The summed E-state index contributed by atoms with van der Waals surface area (Å²) in [4.78, 5) is 13.8. The Hall–Kier alpha value is -2.73. The van der Waals surface area contributed by atoms with E-state index in [-0.39, 0.29) is 0 Å². The summed E-state index contributed by atoms with van der Waals surface area (Å²) >= 11 is 0. The highest BCUT2D eigenvalue weighted by Gasteiger charge is 2.21. The molecule has 2 aromatic heterocycles. The monoisotopic (exact) mass is 346 g/mol. The molecule has 6 nitrogen and oxygen atoms in total. The molecule has 0 unspecified atom stereocenters. The Morgan fingerprint density at radius 3 is 2.85 bits per heavy atom. The zero-order valence-corrected chi connectivity index (χ0v) is 15.4. The van der Waals surface area contributed by atoms with Crippen molar-refractivity contribution < 1.29 is 0 Å². The van der Waals surface area contributed by atoms with E-state index in [1.165, 1.54) is 22.0 Å². The summed E-state index contributed by atoms with van der Waals surface area (Å²) in [6.07, 6.45) is 3.78. The van der Waals surface area contributed by atoms with E-state index in [4.69, 9.17) is 10.1 Å². The van der Waals surface area contributed by atoms with Crippen molar-refractivity contribution in [3.05, 3.63) is 36.0 Å². The molecular formula is C20H22N6. The molecule has 0 saturated heterocycles. The maximum atomic E-state index is 5.00. The molecule has 132 valence electrons. The first-order chi connectivity index (χ1) is 12.6. The van der Waals surface area contributed by atoms with E-state index in [2.05, 4.69) is 58.8 Å². The predicted molar refractivity (Wildman–Crippen MR) is 106 cm³/mol. The summed E-state index contributed by atoms with van der Waals surface area (Å²) in [5.41, 5.74) is 3.45. The van der Waals surface area contributed by atoms with Gasteiger partial charge in [-0.05, 0) is 32.3 Å². The highest BCUT2D eigenvalue weighted by atomic mass is 15.3. The SMILES string of the molecule is CN(C)CCn1nc2c3cnccc3c3c4c(ccc1c42)N(C)CCN=3. The Morgan fingerprint density at radius 2 is 2.00 bits per heavy atom. The van der Waals surface area contributed by atoms with Gasteiger partial charge in [0, 0.05) is 59.8 Å². The van der Waals surface area contributed by atoms with Gasteiger partial charge in [0.25, 0.3) is 0 Å². The fraction of sp³-hybridized carbons (Fsp3) is 0.350. The third-order valence-corrected chi connectivity index (χ3v) is 5.34. The van der Waals surface area contributed by atoms with Crippen molar-refractivity contribution in [2.75, 3.05) is 45.7 Å². The van der Waals surface area contributed by atoms with Gasteiger partial charge in [-0.3, -0.25) is 14.7 Å². The first kappa shape index (κ1) is 15.5. The first-order valence-corrected chi connectivity index (χ1v) is 9.04. The normalized spacial score (nSPS) is 14.5. The first-order valence-electron chi connectivity index (χ1n) is 9.04. The van der Waals surface area contributed by atoms with Crippen LogP contribution >= 0.6 is 0 Å². The maximum Gasteiger partial charge on any atom is 0.103 e. The van der Waals surface area contributed by atoms with Crippen molar-refractivity contribution in [2.45, 2.75) is 6.54 Å². The van der Waals surface area contributed by atoms with Crippen LogP contribution in [0, 0.1) is 0 Å². The molecule has 0 bridgehead atoms. The van der Waals surface area contributed by atoms with Crippen LogP contribution in [-0.2, 0) is 6.54 Å². The number of pyridine rings is 1. The molecular weight excluding hydrogens is 324 g/mol. The number of aromatic nitrogens is 3. The highest BCUT2D eigenvalue weighted by Crippen LogP contribution is 2.35. The molecule has 0 fully saturated rings. The third kappa shape index (κ3) is 2.12. The second-order valence-corrected chi connectivity index (χ2v) is 7.30. The van der Waals surface area contributed by atoms with Gasteiger partial charge in [-0.15, -0.1) is 0 Å². The Bertz CT molecular complexity index is 1190. The van der Waals surface area contributed by atoms with E-state index in [1.807, 2.05) is 12.4 Å². The molecule has 0 amide bonds. The average Bonchev–Trinajstić information content (AvgIpc) is 2.93. The van der Waals surface area contributed by atoms with Crippen LogP contribution in [-0.4, -0.2) is 60.4 Å². The fourth-order valence-electron chi connectivity index (χ4n) is 3.99. The summed E-state index contributed by atoms with van der Waals surface area (Å²) in [5.74, 6) is 0. The predicted octanol–water partition coefficient (Wildman–Crippen LogP) is 2.09. The van der Waals surface area contributed by atoms with Crippen molar-refractivity contribution in [2.24, 2.45) is 4.99 Å². The minimum atomic E-state index is 0.799.